The van der Waals surface area contributed by atoms with Gasteiger partial charge in [-0.25, -0.2) is 9.97 Å². The molecule has 111 heavy (non-hydrogen) atoms. The summed E-state index contributed by atoms with van der Waals surface area (Å²) in [7, 11) is 6.52. The van der Waals surface area contributed by atoms with E-state index in [4.69, 9.17) is 52.7 Å². The number of rotatable bonds is 20. The third-order valence-corrected chi connectivity index (χ3v) is 17.9. The monoisotopic (exact) mass is 1510 g/mol. The molecule has 0 saturated heterocycles. The van der Waals surface area contributed by atoms with Crippen LogP contribution in [0.15, 0.2) is 225 Å². The number of ether oxygens (including phenoxy) is 4. The zero-order valence-electron chi connectivity index (χ0n) is 62.1. The van der Waals surface area contributed by atoms with Crippen molar-refractivity contribution in [2.75, 3.05) is 28.4 Å². The molecule has 0 aliphatic heterocycles. The Morgan fingerprint density at radius 1 is 0.378 bits per heavy atom. The molecule has 22 nitrogen and oxygen atoms in total. The summed E-state index contributed by atoms with van der Waals surface area (Å²) in [5.74, 6) is 2.96. The maximum atomic E-state index is 12.1. The van der Waals surface area contributed by atoms with E-state index in [0.29, 0.717) is 32.8 Å². The molecule has 0 saturated carbocycles. The highest BCUT2D eigenvalue weighted by atomic mass is 35.5. The van der Waals surface area contributed by atoms with E-state index in [-0.39, 0.29) is 37.7 Å². The molecule has 0 aliphatic carbocycles. The number of aryl methyl sites for hydroxylation is 3. The Labute approximate surface area is 651 Å². The lowest BCUT2D eigenvalue weighted by Crippen LogP contribution is -2.01. The molecule has 0 spiro atoms. The lowest BCUT2D eigenvalue weighted by atomic mass is 9.97. The van der Waals surface area contributed by atoms with E-state index in [0.717, 1.165) is 140 Å². The minimum Gasteiger partial charge on any atom is -0.497 e. The second-order valence-electron chi connectivity index (χ2n) is 25.2. The molecule has 0 N–H and O–H groups in total. The largest absolute Gasteiger partial charge is 0.497 e. The number of benzene rings is 6. The molecule has 0 aliphatic rings. The minimum absolute atomic E-state index is 0.0119. The fourth-order valence-corrected chi connectivity index (χ4v) is 13.0. The van der Waals surface area contributed by atoms with Crippen molar-refractivity contribution in [3.05, 3.63) is 264 Å². The van der Waals surface area contributed by atoms with E-state index < -0.39 is 0 Å². The Kier molecular flexibility index (Phi) is 25.6. The number of aromatic nitrogens is 12. The normalized spacial score (nSPS) is 10.5. The summed E-state index contributed by atoms with van der Waals surface area (Å²) >= 11 is 12.0. The number of hydrogen-bond acceptors (Lipinski definition) is 18. The Morgan fingerprint density at radius 2 is 0.748 bits per heavy atom. The summed E-state index contributed by atoms with van der Waals surface area (Å²) < 4.78 is 28.1. The Balaban J connectivity index is 0.000000148. The Morgan fingerprint density at radius 3 is 1.16 bits per heavy atom. The van der Waals surface area contributed by atoms with Crippen molar-refractivity contribution in [1.29, 1.82) is 21.0 Å². The molecule has 14 rings (SSSR count). The van der Waals surface area contributed by atoms with Crippen molar-refractivity contribution in [2.24, 2.45) is 0 Å². The highest BCUT2D eigenvalue weighted by Gasteiger charge is 2.23. The van der Waals surface area contributed by atoms with Crippen molar-refractivity contribution < 1.29 is 28.5 Å². The van der Waals surface area contributed by atoms with Crippen LogP contribution in [-0.2, 0) is 26.2 Å². The lowest BCUT2D eigenvalue weighted by molar-refractivity contribution is 0.101. The number of halogens is 2. The van der Waals surface area contributed by atoms with E-state index in [1.165, 1.54) is 0 Å². The second-order valence-corrected chi connectivity index (χ2v) is 26.0. The third kappa shape index (κ3) is 18.8. The van der Waals surface area contributed by atoms with Gasteiger partial charge in [0.25, 0.3) is 0 Å². The van der Waals surface area contributed by atoms with Gasteiger partial charge in [-0.05, 0) is 189 Å². The summed E-state index contributed by atoms with van der Waals surface area (Å²) in [5, 5.41) is 55.4. The lowest BCUT2D eigenvalue weighted by Gasteiger charge is -2.12. The zero-order valence-corrected chi connectivity index (χ0v) is 63.6. The number of nitriles is 4. The number of carbonyl (C=O) groups excluding carboxylic acids is 2. The summed E-state index contributed by atoms with van der Waals surface area (Å²) in [5.41, 5.74) is 21.3. The number of ketones is 2. The topological polar surface area (TPSA) is 289 Å². The molecule has 6 aromatic carbocycles. The smallest absolute Gasteiger partial charge is 0.160 e. The molecule has 0 radical (unpaired) electrons. The van der Waals surface area contributed by atoms with Gasteiger partial charge in [-0.3, -0.25) is 38.3 Å². The van der Waals surface area contributed by atoms with Crippen LogP contribution >= 0.6 is 23.2 Å². The molecule has 0 atom stereocenters. The fraction of sp³-hybridized carbons (Fsp3) is 0.149. The van der Waals surface area contributed by atoms with Crippen LogP contribution in [-0.4, -0.2) is 99.1 Å². The van der Waals surface area contributed by atoms with Gasteiger partial charge in [0.1, 0.15) is 70.9 Å². The number of hydrogen-bond donors (Lipinski definition) is 0. The van der Waals surface area contributed by atoms with E-state index in [1.807, 2.05) is 185 Å². The van der Waals surface area contributed by atoms with Gasteiger partial charge in [0.15, 0.2) is 11.6 Å². The summed E-state index contributed by atoms with van der Waals surface area (Å²) in [4.78, 5) is 41.3. The van der Waals surface area contributed by atoms with Gasteiger partial charge in [0.05, 0.1) is 87.9 Å². The number of pyridine rings is 4. The number of methoxy groups -OCH3 is 4. The summed E-state index contributed by atoms with van der Waals surface area (Å²) in [6.45, 7) is 9.70. The van der Waals surface area contributed by atoms with Crippen molar-refractivity contribution in [1.82, 2.24) is 59.1 Å². The van der Waals surface area contributed by atoms with E-state index in [2.05, 4.69) is 64.6 Å². The van der Waals surface area contributed by atoms with Crippen LogP contribution in [0, 0.1) is 66.1 Å². The molecule has 14 aromatic rings. The summed E-state index contributed by atoms with van der Waals surface area (Å²) in [6, 6.07) is 63.9. The van der Waals surface area contributed by atoms with Crippen LogP contribution in [0.3, 0.4) is 0 Å². The van der Waals surface area contributed by atoms with Gasteiger partial charge in [-0.1, -0.05) is 83.9 Å². The average Bonchev–Trinajstić information content (AvgIpc) is 1.70. The van der Waals surface area contributed by atoms with E-state index >= 15 is 0 Å². The fourth-order valence-electron chi connectivity index (χ4n) is 12.6. The van der Waals surface area contributed by atoms with Crippen LogP contribution in [0.1, 0.15) is 51.3 Å². The first-order chi connectivity index (χ1) is 53.8. The van der Waals surface area contributed by atoms with Gasteiger partial charge >= 0.3 is 0 Å². The Hall–Kier alpha value is -14.2. The number of carbonyl (C=O) groups is 2. The number of Topliss-reactive ketones (excluding diaryl/α,β-unsaturated/α-hetero) is 2. The van der Waals surface area contributed by atoms with Crippen LogP contribution in [0.2, 0.25) is 10.3 Å². The highest BCUT2D eigenvalue weighted by molar-refractivity contribution is 6.30. The van der Waals surface area contributed by atoms with Gasteiger partial charge in [-0.2, -0.15) is 41.4 Å². The molecular formula is C87H72Cl2N16O6. The highest BCUT2D eigenvalue weighted by Crippen LogP contribution is 2.41. The quantitative estimate of drug-likeness (QED) is 0.0506. The van der Waals surface area contributed by atoms with Gasteiger partial charge in [0, 0.05) is 104 Å². The Bertz CT molecular complexity index is 5830. The van der Waals surface area contributed by atoms with Gasteiger partial charge in [-0.15, -0.1) is 0 Å². The third-order valence-electron chi connectivity index (χ3n) is 17.5. The molecule has 0 amide bonds. The molecule has 550 valence electrons. The zero-order chi connectivity index (χ0) is 78.7. The molecule has 0 bridgehead atoms. The molecule has 8 heterocycles. The van der Waals surface area contributed by atoms with Gasteiger partial charge < -0.3 is 18.9 Å². The maximum Gasteiger partial charge on any atom is 0.160 e. The molecule has 24 heteroatoms. The van der Waals surface area contributed by atoms with E-state index in [1.54, 1.807) is 122 Å². The van der Waals surface area contributed by atoms with Crippen LogP contribution in [0.4, 0.5) is 0 Å². The van der Waals surface area contributed by atoms with Crippen LogP contribution in [0.5, 0.6) is 23.0 Å². The van der Waals surface area contributed by atoms with Crippen molar-refractivity contribution in [3.63, 3.8) is 0 Å². The van der Waals surface area contributed by atoms with Crippen molar-refractivity contribution >= 4 is 34.8 Å². The predicted octanol–water partition coefficient (Wildman–Crippen LogP) is 18.5. The molecular weight excluding hydrogens is 1440 g/mol. The van der Waals surface area contributed by atoms with Gasteiger partial charge in [0.2, 0.25) is 0 Å². The molecule has 8 aromatic heterocycles. The van der Waals surface area contributed by atoms with E-state index in [9.17, 15) is 20.1 Å². The van der Waals surface area contributed by atoms with Crippen LogP contribution < -0.4 is 18.9 Å². The molecule has 0 unspecified atom stereocenters. The predicted molar refractivity (Wildman–Crippen MR) is 427 cm³/mol. The SMILES string of the molecule is COc1cc(C)cc(-c2c(-c3ccnc(-c4ccccc4C(C)=O)c3)cnn2CC#N)c1.COc1cc(C)cc(-c2c(-c3ccnc(Cl)c3)cnn2CC#N)c1.COc1cc(C)cc(-c2nn(CC#N)cc2-c2ccnc(-c3ccccc3C(C)=O)c2)c1.COc1cccc(-c2nn(CC#N)cc2-c2ccnc(Cl)c2)c1. The minimum atomic E-state index is -0.0119. The molecule has 0 fully saturated rings. The summed E-state index contributed by atoms with van der Waals surface area (Å²) in [6.07, 6.45) is 14.0. The maximum absolute atomic E-state index is 12.1. The van der Waals surface area contributed by atoms with Crippen molar-refractivity contribution in [3.8, 4) is 159 Å². The first-order valence-corrected chi connectivity index (χ1v) is 35.3. The average molecular weight is 1510 g/mol. The first kappa shape index (κ1) is 77.9. The van der Waals surface area contributed by atoms with Crippen molar-refractivity contribution in [2.45, 2.75) is 60.8 Å². The van der Waals surface area contributed by atoms with Crippen LogP contribution in [0.25, 0.3) is 112 Å². The second kappa shape index (κ2) is 36.4. The first-order valence-electron chi connectivity index (χ1n) is 34.6. The number of nitrogens with zero attached hydrogens (tertiary/aromatic N) is 16. The standard InChI is InChI=1S/2C26H22N4O2.C18H15ClN4O.C17H13ClN4O/c1-17-12-20(14-21(13-17)32-3)26-24(16-30(29-26)11-9-27)19-8-10-28-25(15-19)23-7-5-4-6-22(23)18(2)31;1-17-12-20(14-21(13-17)32-3)26-24(16-29-30(26)11-9-27)19-8-10-28-25(15-19)23-7-5-4-6-22(23)18(2)31;1-12-7-14(9-15(8-12)24-2)18-16(11-22-23(18)6-4-20)13-3-5-21-17(19)10-13;1-23-14-4-2-3-13(9-14)17-15(11-22(21-17)8-6-19)12-5-7-20-16(18)10-12/h2*4-8,10,12-16H,11H2,1-3H3;3,5,7-11H,6H2,1-2H3;2-5,7,9-11H,8H2,1H3.